The number of aromatic nitrogens is 2. The summed E-state index contributed by atoms with van der Waals surface area (Å²) in [5.74, 6) is -1.96. The lowest BCUT2D eigenvalue weighted by molar-refractivity contribution is -0.134. The number of benzene rings is 2. The van der Waals surface area contributed by atoms with Crippen LogP contribution in [0.3, 0.4) is 0 Å². The summed E-state index contributed by atoms with van der Waals surface area (Å²) in [6.07, 6.45) is 4.94. The summed E-state index contributed by atoms with van der Waals surface area (Å²) in [6, 6.07) is 10.4. The van der Waals surface area contributed by atoms with Gasteiger partial charge in [0.15, 0.2) is 0 Å². The van der Waals surface area contributed by atoms with Crippen molar-refractivity contribution in [1.29, 1.82) is 0 Å². The van der Waals surface area contributed by atoms with Crippen LogP contribution < -0.4 is 10.6 Å². The summed E-state index contributed by atoms with van der Waals surface area (Å²) < 4.78 is 11.2. The normalized spacial score (nSPS) is 19.6. The lowest BCUT2D eigenvalue weighted by Crippen LogP contribution is -2.47. The van der Waals surface area contributed by atoms with E-state index >= 15 is 4.79 Å². The molecule has 13 nitrogen and oxygen atoms in total. The summed E-state index contributed by atoms with van der Waals surface area (Å²) in [7, 11) is 0. The molecule has 3 N–H and O–H groups in total. The zero-order valence-corrected chi connectivity index (χ0v) is 30.5. The Morgan fingerprint density at radius 3 is 2.33 bits per heavy atom. The number of halogens is 1. The maximum Gasteiger partial charge on any atom is 0.437 e. The number of rotatable bonds is 9. The molecule has 2 aromatic carbocycles. The highest BCUT2D eigenvalue weighted by Crippen LogP contribution is 2.43. The lowest BCUT2D eigenvalue weighted by atomic mass is 9.75. The molecule has 51 heavy (non-hydrogen) atoms. The Hall–Kier alpha value is -5.04. The third-order valence-corrected chi connectivity index (χ3v) is 8.78. The Morgan fingerprint density at radius 2 is 1.76 bits per heavy atom. The quantitative estimate of drug-likeness (QED) is 0.212. The second-order valence-corrected chi connectivity index (χ2v) is 15.8. The number of carboxylic acids is 1. The minimum absolute atomic E-state index is 0.0240. The number of ether oxygens (including phenoxy) is 2. The van der Waals surface area contributed by atoms with Crippen molar-refractivity contribution >= 4 is 41.6 Å². The molecular weight excluding hydrogens is 676 g/mol. The van der Waals surface area contributed by atoms with Gasteiger partial charge in [0.1, 0.15) is 17.7 Å². The van der Waals surface area contributed by atoms with E-state index in [9.17, 15) is 19.5 Å². The molecule has 1 unspecified atom stereocenters. The first-order valence-corrected chi connectivity index (χ1v) is 17.0. The average Bonchev–Trinajstić information content (AvgIpc) is 3.70. The Morgan fingerprint density at radius 1 is 1.08 bits per heavy atom. The molecule has 2 atom stereocenters. The number of nitrogens with one attached hydrogen (secondary N) is 2. The van der Waals surface area contributed by atoms with Crippen LogP contribution in [-0.2, 0) is 19.8 Å². The number of carboxylic acid groups (broad SMARTS) is 1. The summed E-state index contributed by atoms with van der Waals surface area (Å²) in [6.45, 7) is 12.5. The van der Waals surface area contributed by atoms with Gasteiger partial charge in [-0.2, -0.15) is 0 Å². The molecule has 1 saturated heterocycles. The second kappa shape index (κ2) is 13.9. The van der Waals surface area contributed by atoms with Crippen molar-refractivity contribution < 1.29 is 33.8 Å². The lowest BCUT2D eigenvalue weighted by Gasteiger charge is -2.35. The van der Waals surface area contributed by atoms with Crippen LogP contribution in [0.4, 0.5) is 9.59 Å². The minimum atomic E-state index is -1.48. The van der Waals surface area contributed by atoms with Crippen LogP contribution in [0.15, 0.2) is 66.0 Å². The molecule has 2 aliphatic rings. The van der Waals surface area contributed by atoms with Crippen LogP contribution in [0.2, 0.25) is 5.02 Å². The third-order valence-electron chi connectivity index (χ3n) is 8.45. The molecule has 0 radical (unpaired) electrons. The van der Waals surface area contributed by atoms with E-state index in [0.29, 0.717) is 11.3 Å². The van der Waals surface area contributed by atoms with Crippen LogP contribution in [0.5, 0.6) is 0 Å². The number of hydrogen-bond donors (Lipinski definition) is 3. The van der Waals surface area contributed by atoms with Crippen molar-refractivity contribution in [3.63, 3.8) is 0 Å². The van der Waals surface area contributed by atoms with Crippen molar-refractivity contribution in [2.24, 2.45) is 10.4 Å². The first-order valence-electron chi connectivity index (χ1n) is 16.6. The number of aromatic carboxylic acids is 1. The highest BCUT2D eigenvalue weighted by atomic mass is 35.5. The van der Waals surface area contributed by atoms with Gasteiger partial charge in [0.25, 0.3) is 5.91 Å². The number of hydrogen-bond acceptors (Lipinski definition) is 8. The van der Waals surface area contributed by atoms with E-state index in [0.717, 1.165) is 18.4 Å². The predicted octanol–water partition coefficient (Wildman–Crippen LogP) is 6.87. The zero-order valence-electron chi connectivity index (χ0n) is 29.7. The summed E-state index contributed by atoms with van der Waals surface area (Å²) in [4.78, 5) is 67.7. The number of carbonyl (C=O) groups is 4. The van der Waals surface area contributed by atoms with Gasteiger partial charge >= 0.3 is 18.2 Å². The molecule has 1 aliphatic heterocycles. The molecule has 3 amide bonds. The number of carbonyl (C=O) groups excluding carboxylic acids is 3. The molecule has 0 spiro atoms. The van der Waals surface area contributed by atoms with E-state index in [-0.39, 0.29) is 28.5 Å². The molecule has 1 saturated carbocycles. The van der Waals surface area contributed by atoms with E-state index in [1.54, 1.807) is 57.6 Å². The molecule has 14 heteroatoms. The van der Waals surface area contributed by atoms with Gasteiger partial charge in [0, 0.05) is 23.5 Å². The smallest absolute Gasteiger partial charge is 0.437 e. The standard InChI is InChI=1S/C37H43ClN6O7/c1-34(2,3)21-37(24-11-8-22(9-12-24)27-19-39-16-17-40-27)30(47)44(31(42-37)41-32(48)51-35(4,5)6)28(20-50-33(49)43-36(7)14-15-36)23-10-13-26(38)25(18-23)29(45)46/h8-13,16-19,28H,14-15,20-21H2,1-7H3,(H,43,49)(H,45,46)(H,41,42,48)/t28-,37?/m1/s1. The Kier molecular flexibility index (Phi) is 10.2. The van der Waals surface area contributed by atoms with E-state index < -0.39 is 58.8 Å². The van der Waals surface area contributed by atoms with Crippen LogP contribution in [-0.4, -0.2) is 67.7 Å². The Balaban J connectivity index is 1.67. The molecule has 270 valence electrons. The van der Waals surface area contributed by atoms with Crippen molar-refractivity contribution in [1.82, 2.24) is 25.5 Å². The molecule has 1 aromatic heterocycles. The van der Waals surface area contributed by atoms with E-state index in [4.69, 9.17) is 21.1 Å². The summed E-state index contributed by atoms with van der Waals surface area (Å²) in [5.41, 5.74) is -1.20. The van der Waals surface area contributed by atoms with Gasteiger partial charge in [-0.15, -0.1) is 4.99 Å². The maximum absolute atomic E-state index is 15.2. The average molecular weight is 719 g/mol. The van der Waals surface area contributed by atoms with Crippen molar-refractivity contribution in [3.05, 3.63) is 82.8 Å². The largest absolute Gasteiger partial charge is 0.478 e. The van der Waals surface area contributed by atoms with Crippen LogP contribution in [0.1, 0.15) is 95.3 Å². The number of nitrogens with zero attached hydrogens (tertiary/aromatic N) is 4. The third kappa shape index (κ3) is 8.83. The van der Waals surface area contributed by atoms with E-state index in [2.05, 4.69) is 25.6 Å². The Bertz CT molecular complexity index is 1850. The SMILES string of the molecule is CC(C)(C)CC1(c2ccc(-c3cnccn3)cc2)NC(=NC(=O)OC(C)(C)C)N([C@H](COC(=O)NC2(C)CC2)c2ccc(Cl)c(C(=O)O)c2)C1=O. The summed E-state index contributed by atoms with van der Waals surface area (Å²) in [5, 5.41) is 16.0. The van der Waals surface area contributed by atoms with Gasteiger partial charge < -0.3 is 25.2 Å². The van der Waals surface area contributed by atoms with E-state index in [1.165, 1.54) is 17.0 Å². The highest BCUT2D eigenvalue weighted by Gasteiger charge is 2.55. The van der Waals surface area contributed by atoms with Gasteiger partial charge in [0.2, 0.25) is 5.96 Å². The monoisotopic (exact) mass is 718 g/mol. The van der Waals surface area contributed by atoms with Crippen molar-refractivity contribution in [2.75, 3.05) is 6.61 Å². The van der Waals surface area contributed by atoms with Crippen molar-refractivity contribution in [2.45, 2.75) is 90.4 Å². The molecule has 1 aliphatic carbocycles. The Labute approximate surface area is 301 Å². The molecule has 5 rings (SSSR count). The highest BCUT2D eigenvalue weighted by molar-refractivity contribution is 6.33. The first kappa shape index (κ1) is 37.2. The number of alkyl carbamates (subject to hydrolysis) is 1. The predicted molar refractivity (Wildman–Crippen MR) is 190 cm³/mol. The van der Waals surface area contributed by atoms with Gasteiger partial charge in [-0.05, 0) is 75.6 Å². The first-order chi connectivity index (χ1) is 23.8. The topological polar surface area (TPSA) is 172 Å². The molecule has 3 aromatic rings. The number of aliphatic imine (C=N–C) groups is 1. The maximum atomic E-state index is 15.2. The fraction of sp³-hybridized carbons (Fsp3) is 0.432. The molecule has 2 fully saturated rings. The minimum Gasteiger partial charge on any atom is -0.478 e. The van der Waals surface area contributed by atoms with Crippen LogP contribution in [0.25, 0.3) is 11.3 Å². The van der Waals surface area contributed by atoms with Crippen molar-refractivity contribution in [3.8, 4) is 11.3 Å². The number of guanidine groups is 1. The van der Waals surface area contributed by atoms with Gasteiger partial charge in [-0.3, -0.25) is 19.7 Å². The fourth-order valence-electron chi connectivity index (χ4n) is 5.92. The summed E-state index contributed by atoms with van der Waals surface area (Å²) >= 11 is 6.24. The van der Waals surface area contributed by atoms with E-state index in [1.807, 2.05) is 39.8 Å². The van der Waals surface area contributed by atoms with Crippen LogP contribution in [0, 0.1) is 5.41 Å². The van der Waals surface area contributed by atoms with Crippen LogP contribution >= 0.6 is 11.6 Å². The molecule has 0 bridgehead atoms. The number of amides is 3. The van der Waals surface area contributed by atoms with Gasteiger partial charge in [0.05, 0.1) is 28.5 Å². The van der Waals surface area contributed by atoms with Gasteiger partial charge in [-0.25, -0.2) is 14.4 Å². The molecule has 2 heterocycles. The van der Waals surface area contributed by atoms with Gasteiger partial charge in [-0.1, -0.05) is 62.7 Å². The molecular formula is C37H43ClN6O7. The zero-order chi connectivity index (χ0) is 37.4. The second-order valence-electron chi connectivity index (χ2n) is 15.4. The fourth-order valence-corrected chi connectivity index (χ4v) is 6.12.